The lowest BCUT2D eigenvalue weighted by Gasteiger charge is -2.14. The number of hydrogen-bond donors (Lipinski definition) is 2. The van der Waals surface area contributed by atoms with E-state index in [-0.39, 0.29) is 23.8 Å². The highest BCUT2D eigenvalue weighted by atomic mass is 16.2. The largest absolute Gasteiger partial charge is 0.343 e. The molecule has 1 aromatic heterocycles. The topological polar surface area (TPSA) is 76.0 Å². The third-order valence-electron chi connectivity index (χ3n) is 4.98. The van der Waals surface area contributed by atoms with E-state index in [9.17, 15) is 9.59 Å². The van der Waals surface area contributed by atoms with Gasteiger partial charge in [-0.15, -0.1) is 0 Å². The number of nitrogens with one attached hydrogen (secondary N) is 2. The number of rotatable bonds is 6. The monoisotopic (exact) mass is 430 g/mol. The van der Waals surface area contributed by atoms with Crippen molar-refractivity contribution in [2.75, 3.05) is 11.9 Å². The minimum Gasteiger partial charge on any atom is -0.343 e. The van der Waals surface area contributed by atoms with Gasteiger partial charge in [-0.3, -0.25) is 9.59 Å². The van der Waals surface area contributed by atoms with Crippen molar-refractivity contribution in [2.45, 2.75) is 40.0 Å². The average Bonchev–Trinajstić information content (AvgIpc) is 3.15. The van der Waals surface area contributed by atoms with Crippen LogP contribution in [0, 0.1) is 13.8 Å². The lowest BCUT2D eigenvalue weighted by Crippen LogP contribution is -2.32. The maximum atomic E-state index is 12.6. The number of aromatic nitrogens is 2. The van der Waals surface area contributed by atoms with Gasteiger partial charge in [-0.25, -0.2) is 4.68 Å². The van der Waals surface area contributed by atoms with Crippen LogP contribution in [0.4, 0.5) is 5.82 Å². The molecule has 1 heterocycles. The summed E-state index contributed by atoms with van der Waals surface area (Å²) in [7, 11) is 0. The van der Waals surface area contributed by atoms with Gasteiger partial charge in [0.15, 0.2) is 0 Å². The van der Waals surface area contributed by atoms with Crippen molar-refractivity contribution in [2.24, 2.45) is 0 Å². The fourth-order valence-electron chi connectivity index (χ4n) is 3.21. The Morgan fingerprint density at radius 3 is 2.41 bits per heavy atom. The molecule has 0 atom stereocenters. The number of carbonyl (C=O) groups is 2. The number of anilines is 1. The van der Waals surface area contributed by atoms with Crippen molar-refractivity contribution in [3.63, 3.8) is 0 Å². The smallest absolute Gasteiger partial charge is 0.244 e. The fourth-order valence-corrected chi connectivity index (χ4v) is 3.21. The van der Waals surface area contributed by atoms with E-state index in [4.69, 9.17) is 5.10 Å². The van der Waals surface area contributed by atoms with Crippen LogP contribution in [-0.4, -0.2) is 28.1 Å². The number of nitrogens with zero attached hydrogens (tertiary/aromatic N) is 2. The van der Waals surface area contributed by atoms with Gasteiger partial charge in [-0.2, -0.15) is 5.10 Å². The third kappa shape index (κ3) is 5.94. The molecule has 0 saturated heterocycles. The number of aryl methyl sites for hydroxylation is 2. The van der Waals surface area contributed by atoms with Crippen LogP contribution in [-0.2, 0) is 15.0 Å². The van der Waals surface area contributed by atoms with E-state index in [0.717, 1.165) is 28.1 Å². The molecular weight excluding hydrogens is 400 g/mol. The summed E-state index contributed by atoms with van der Waals surface area (Å²) in [6, 6.07) is 17.5. The standard InChI is InChI=1S/C26H30N4O2/c1-18-11-13-21(19(2)15-18)30-23(16-22(29-30)26(3,4)5)28-25(32)17-27-24(31)14-12-20-9-7-6-8-10-20/h6-16H,17H2,1-5H3,(H,27,31)(H,28,32)/b14-12+. The zero-order chi connectivity index (χ0) is 23.3. The Morgan fingerprint density at radius 1 is 1.03 bits per heavy atom. The quantitative estimate of drug-likeness (QED) is 0.563. The second kappa shape index (κ2) is 9.64. The van der Waals surface area contributed by atoms with Crippen LogP contribution in [0.3, 0.4) is 0 Å². The van der Waals surface area contributed by atoms with Crippen molar-refractivity contribution in [3.8, 4) is 5.69 Å². The molecule has 0 spiro atoms. The number of amides is 2. The van der Waals surface area contributed by atoms with Crippen molar-refractivity contribution in [3.05, 3.63) is 83.1 Å². The Morgan fingerprint density at radius 2 is 1.75 bits per heavy atom. The van der Waals surface area contributed by atoms with Gasteiger partial charge in [0.2, 0.25) is 11.8 Å². The van der Waals surface area contributed by atoms with Crippen LogP contribution in [0.1, 0.15) is 43.2 Å². The third-order valence-corrected chi connectivity index (χ3v) is 4.98. The molecular formula is C26H30N4O2. The van der Waals surface area contributed by atoms with Gasteiger partial charge in [-0.05, 0) is 37.1 Å². The first-order valence-corrected chi connectivity index (χ1v) is 10.6. The van der Waals surface area contributed by atoms with Crippen molar-refractivity contribution in [1.82, 2.24) is 15.1 Å². The van der Waals surface area contributed by atoms with Crippen molar-refractivity contribution in [1.29, 1.82) is 0 Å². The summed E-state index contributed by atoms with van der Waals surface area (Å²) in [5.41, 5.74) is 4.72. The Kier molecular flexibility index (Phi) is 6.93. The molecule has 0 fully saturated rings. The van der Waals surface area contributed by atoms with Crippen LogP contribution in [0.2, 0.25) is 0 Å². The van der Waals surface area contributed by atoms with E-state index in [1.54, 1.807) is 10.8 Å². The summed E-state index contributed by atoms with van der Waals surface area (Å²) >= 11 is 0. The molecule has 2 amide bonds. The van der Waals surface area contributed by atoms with Crippen LogP contribution in [0.25, 0.3) is 11.8 Å². The molecule has 6 nitrogen and oxygen atoms in total. The number of hydrogen-bond acceptors (Lipinski definition) is 3. The summed E-state index contributed by atoms with van der Waals surface area (Å²) in [6.07, 6.45) is 3.12. The first-order valence-electron chi connectivity index (χ1n) is 10.6. The maximum absolute atomic E-state index is 12.6. The second-order valence-corrected chi connectivity index (χ2v) is 8.88. The van der Waals surface area contributed by atoms with Crippen LogP contribution >= 0.6 is 0 Å². The van der Waals surface area contributed by atoms with E-state index in [1.165, 1.54) is 6.08 Å². The van der Waals surface area contributed by atoms with Gasteiger partial charge in [0.05, 0.1) is 17.9 Å². The summed E-state index contributed by atoms with van der Waals surface area (Å²) in [5.74, 6) is -0.0824. The molecule has 2 N–H and O–H groups in total. The number of benzene rings is 2. The predicted octanol–water partition coefficient (Wildman–Crippen LogP) is 4.55. The Balaban J connectivity index is 1.73. The van der Waals surface area contributed by atoms with E-state index < -0.39 is 0 Å². The van der Waals surface area contributed by atoms with E-state index in [1.807, 2.05) is 62.4 Å². The summed E-state index contributed by atoms with van der Waals surface area (Å²) in [6.45, 7) is 10.1. The van der Waals surface area contributed by atoms with E-state index in [2.05, 4.69) is 37.5 Å². The summed E-state index contributed by atoms with van der Waals surface area (Å²) < 4.78 is 1.75. The molecule has 6 heteroatoms. The van der Waals surface area contributed by atoms with Gasteiger partial charge in [-0.1, -0.05) is 68.8 Å². The minimum atomic E-state index is -0.331. The maximum Gasteiger partial charge on any atom is 0.244 e. The Hall–Kier alpha value is -3.67. The molecule has 0 saturated carbocycles. The first-order chi connectivity index (χ1) is 15.1. The van der Waals surface area contributed by atoms with Gasteiger partial charge in [0.25, 0.3) is 0 Å². The normalized spacial score (nSPS) is 11.5. The molecule has 0 aliphatic rings. The van der Waals surface area contributed by atoms with E-state index >= 15 is 0 Å². The molecule has 32 heavy (non-hydrogen) atoms. The molecule has 0 radical (unpaired) electrons. The molecule has 0 bridgehead atoms. The lowest BCUT2D eigenvalue weighted by molar-refractivity contribution is -0.121. The number of carbonyl (C=O) groups excluding carboxylic acids is 2. The van der Waals surface area contributed by atoms with Crippen molar-refractivity contribution < 1.29 is 9.59 Å². The lowest BCUT2D eigenvalue weighted by atomic mass is 9.92. The fraction of sp³-hybridized carbons (Fsp3) is 0.269. The van der Waals surface area contributed by atoms with Crippen LogP contribution < -0.4 is 10.6 Å². The van der Waals surface area contributed by atoms with Crippen LogP contribution in [0.5, 0.6) is 0 Å². The van der Waals surface area contributed by atoms with Crippen molar-refractivity contribution >= 4 is 23.7 Å². The molecule has 0 aliphatic heterocycles. The van der Waals surface area contributed by atoms with E-state index in [0.29, 0.717) is 5.82 Å². The first kappa shape index (κ1) is 23.0. The molecule has 3 aromatic rings. The zero-order valence-electron chi connectivity index (χ0n) is 19.3. The molecule has 166 valence electrons. The summed E-state index contributed by atoms with van der Waals surface area (Å²) in [5, 5.41) is 10.3. The zero-order valence-corrected chi connectivity index (χ0v) is 19.3. The molecule has 3 rings (SSSR count). The molecule has 2 aromatic carbocycles. The SMILES string of the molecule is Cc1ccc(-n2nc(C(C)(C)C)cc2NC(=O)CNC(=O)/C=C/c2ccccc2)c(C)c1. The van der Waals surface area contributed by atoms with Gasteiger partial charge >= 0.3 is 0 Å². The van der Waals surface area contributed by atoms with Gasteiger partial charge in [0, 0.05) is 17.6 Å². The Bertz CT molecular complexity index is 1140. The minimum absolute atomic E-state index is 0.138. The highest BCUT2D eigenvalue weighted by Gasteiger charge is 2.22. The highest BCUT2D eigenvalue weighted by molar-refractivity contribution is 5.97. The Labute approximate surface area is 189 Å². The average molecular weight is 431 g/mol. The summed E-state index contributed by atoms with van der Waals surface area (Å²) in [4.78, 5) is 24.7. The predicted molar refractivity (Wildman–Crippen MR) is 129 cm³/mol. The molecule has 0 aliphatic carbocycles. The van der Waals surface area contributed by atoms with Gasteiger partial charge < -0.3 is 10.6 Å². The van der Waals surface area contributed by atoms with Gasteiger partial charge in [0.1, 0.15) is 5.82 Å². The molecule has 0 unspecified atom stereocenters. The van der Waals surface area contributed by atoms with Crippen LogP contribution in [0.15, 0.2) is 60.7 Å². The second-order valence-electron chi connectivity index (χ2n) is 8.88. The highest BCUT2D eigenvalue weighted by Crippen LogP contribution is 2.27.